The van der Waals surface area contributed by atoms with Crippen LogP contribution >= 0.6 is 0 Å². The van der Waals surface area contributed by atoms with Crippen LogP contribution in [0.1, 0.15) is 25.0 Å². The Morgan fingerprint density at radius 1 is 1.12 bits per heavy atom. The van der Waals surface area contributed by atoms with E-state index in [-0.39, 0.29) is 10.9 Å². The molecule has 1 amide bonds. The van der Waals surface area contributed by atoms with Gasteiger partial charge < -0.3 is 5.32 Å². The van der Waals surface area contributed by atoms with Gasteiger partial charge in [0.05, 0.1) is 10.6 Å². The molecule has 130 valence electrons. The minimum atomic E-state index is -3.97. The van der Waals surface area contributed by atoms with Crippen molar-refractivity contribution in [1.29, 1.82) is 0 Å². The van der Waals surface area contributed by atoms with E-state index >= 15 is 0 Å². The smallest absolute Gasteiger partial charge is 0.270 e. The lowest BCUT2D eigenvalue weighted by atomic mass is 10.1. The fourth-order valence-corrected chi connectivity index (χ4v) is 4.21. The first-order valence-electron chi connectivity index (χ1n) is 8.00. The van der Waals surface area contributed by atoms with E-state index in [1.165, 1.54) is 19.1 Å². The van der Waals surface area contributed by atoms with Crippen LogP contribution < -0.4 is 9.62 Å². The van der Waals surface area contributed by atoms with Gasteiger partial charge in [0.2, 0.25) is 5.91 Å². The molecular formula is C19H20N2O3S. The van der Waals surface area contributed by atoms with Gasteiger partial charge in [-0.3, -0.25) is 4.79 Å². The molecule has 0 fully saturated rings. The highest BCUT2D eigenvalue weighted by molar-refractivity contribution is 7.93. The van der Waals surface area contributed by atoms with E-state index < -0.39 is 15.9 Å². The summed E-state index contributed by atoms with van der Waals surface area (Å²) in [5, 5.41) is 3.29. The number of nitrogens with one attached hydrogen (secondary N) is 1. The Hall–Kier alpha value is -2.60. The van der Waals surface area contributed by atoms with Crippen LogP contribution in [0.25, 0.3) is 6.08 Å². The number of rotatable bonds is 3. The van der Waals surface area contributed by atoms with Gasteiger partial charge in [0.1, 0.15) is 0 Å². The largest absolute Gasteiger partial charge is 0.379 e. The van der Waals surface area contributed by atoms with E-state index in [1.807, 2.05) is 26.0 Å². The normalized spacial score (nSPS) is 16.0. The number of aryl methyl sites for hydroxylation is 1. The lowest BCUT2D eigenvalue weighted by molar-refractivity contribution is -0.115. The quantitative estimate of drug-likeness (QED) is 0.913. The fraction of sp³-hybridized carbons (Fsp3) is 0.211. The summed E-state index contributed by atoms with van der Waals surface area (Å²) >= 11 is 0. The maximum Gasteiger partial charge on any atom is 0.270 e. The van der Waals surface area contributed by atoms with Gasteiger partial charge in [-0.2, -0.15) is 0 Å². The standard InChI is InChI=1S/C19H20N2O3S/c1-13-4-9-18(10-5-13)25(23,24)21(15(3)22)17-8-11-19-16(12-17)7-6-14(2)20-19/h4-12,14,20H,1-3H3. The minimum absolute atomic E-state index is 0.0910. The molecule has 0 aliphatic carbocycles. The maximum atomic E-state index is 13.0. The van der Waals surface area contributed by atoms with Crippen LogP contribution in [-0.2, 0) is 14.8 Å². The molecule has 2 aromatic carbocycles. The summed E-state index contributed by atoms with van der Waals surface area (Å²) in [6, 6.07) is 11.8. The summed E-state index contributed by atoms with van der Waals surface area (Å²) in [6.07, 6.45) is 3.91. The zero-order chi connectivity index (χ0) is 18.2. The third-order valence-corrected chi connectivity index (χ3v) is 5.88. The lowest BCUT2D eigenvalue weighted by Gasteiger charge is -2.24. The first-order valence-corrected chi connectivity index (χ1v) is 9.44. The number of fused-ring (bicyclic) bond motifs is 1. The third-order valence-electron chi connectivity index (χ3n) is 4.06. The average Bonchev–Trinajstić information content (AvgIpc) is 2.55. The van der Waals surface area contributed by atoms with Gasteiger partial charge in [0.15, 0.2) is 0 Å². The molecule has 0 radical (unpaired) electrons. The van der Waals surface area contributed by atoms with Crippen LogP contribution in [0.2, 0.25) is 0 Å². The van der Waals surface area contributed by atoms with Crippen LogP contribution in [0.3, 0.4) is 0 Å². The first-order chi connectivity index (χ1) is 11.8. The van der Waals surface area contributed by atoms with E-state index in [9.17, 15) is 13.2 Å². The number of sulfonamides is 1. The summed E-state index contributed by atoms with van der Waals surface area (Å²) in [6.45, 7) is 5.15. The Bertz CT molecular complexity index is 947. The number of carbonyl (C=O) groups excluding carboxylic acids is 1. The Balaban J connectivity index is 2.07. The van der Waals surface area contributed by atoms with Crippen molar-refractivity contribution in [2.24, 2.45) is 0 Å². The predicted molar refractivity (Wildman–Crippen MR) is 100 cm³/mol. The van der Waals surface area contributed by atoms with Gasteiger partial charge in [0, 0.05) is 18.7 Å². The number of amides is 1. The van der Waals surface area contributed by atoms with Crippen LogP contribution in [0.15, 0.2) is 53.4 Å². The number of benzene rings is 2. The van der Waals surface area contributed by atoms with Crippen molar-refractivity contribution in [1.82, 2.24) is 0 Å². The number of hydrogen-bond donors (Lipinski definition) is 1. The van der Waals surface area contributed by atoms with Crippen LogP contribution in [0.5, 0.6) is 0 Å². The predicted octanol–water partition coefficient (Wildman–Crippen LogP) is 3.56. The second kappa shape index (κ2) is 6.37. The number of hydrogen-bond acceptors (Lipinski definition) is 4. The Kier molecular flexibility index (Phi) is 4.39. The molecule has 2 aromatic rings. The molecule has 0 aromatic heterocycles. The molecule has 0 spiro atoms. The van der Waals surface area contributed by atoms with Gasteiger partial charge in [0.25, 0.3) is 10.0 Å². The third kappa shape index (κ3) is 3.30. The molecule has 1 atom stereocenters. The van der Waals surface area contributed by atoms with E-state index in [2.05, 4.69) is 5.32 Å². The summed E-state index contributed by atoms with van der Waals surface area (Å²) in [4.78, 5) is 12.3. The van der Waals surface area contributed by atoms with Gasteiger partial charge in [-0.15, -0.1) is 0 Å². The summed E-state index contributed by atoms with van der Waals surface area (Å²) in [7, 11) is -3.97. The van der Waals surface area contributed by atoms with Crippen molar-refractivity contribution in [3.8, 4) is 0 Å². The molecule has 3 rings (SSSR count). The summed E-state index contributed by atoms with van der Waals surface area (Å²) in [5.41, 5.74) is 3.04. The Morgan fingerprint density at radius 3 is 2.44 bits per heavy atom. The van der Waals surface area contributed by atoms with E-state index in [1.54, 1.807) is 30.3 Å². The molecule has 1 heterocycles. The molecular weight excluding hydrogens is 336 g/mol. The Morgan fingerprint density at radius 2 is 1.80 bits per heavy atom. The maximum absolute atomic E-state index is 13.0. The number of carbonyl (C=O) groups is 1. The van der Waals surface area contributed by atoms with Crippen molar-refractivity contribution >= 4 is 33.4 Å². The molecule has 25 heavy (non-hydrogen) atoms. The Labute approximate surface area is 148 Å². The van der Waals surface area contributed by atoms with E-state index in [4.69, 9.17) is 0 Å². The van der Waals surface area contributed by atoms with Crippen LogP contribution in [0, 0.1) is 6.92 Å². The van der Waals surface area contributed by atoms with E-state index in [0.717, 1.165) is 21.1 Å². The second-order valence-electron chi connectivity index (χ2n) is 6.17. The molecule has 5 nitrogen and oxygen atoms in total. The van der Waals surface area contributed by atoms with Gasteiger partial charge in [-0.05, 0) is 49.7 Å². The summed E-state index contributed by atoms with van der Waals surface area (Å²) < 4.78 is 26.8. The highest BCUT2D eigenvalue weighted by Gasteiger charge is 2.29. The van der Waals surface area contributed by atoms with Gasteiger partial charge >= 0.3 is 0 Å². The number of anilines is 2. The summed E-state index contributed by atoms with van der Waals surface area (Å²) in [5.74, 6) is -0.554. The molecule has 1 N–H and O–H groups in total. The van der Waals surface area contributed by atoms with Gasteiger partial charge in [-0.1, -0.05) is 29.8 Å². The molecule has 1 aliphatic rings. The molecule has 0 saturated carbocycles. The van der Waals surface area contributed by atoms with Crippen molar-refractivity contribution < 1.29 is 13.2 Å². The highest BCUT2D eigenvalue weighted by atomic mass is 32.2. The highest BCUT2D eigenvalue weighted by Crippen LogP contribution is 2.31. The average molecular weight is 356 g/mol. The number of nitrogens with zero attached hydrogens (tertiary/aromatic N) is 1. The zero-order valence-corrected chi connectivity index (χ0v) is 15.2. The zero-order valence-electron chi connectivity index (χ0n) is 14.4. The molecule has 0 bridgehead atoms. The lowest BCUT2D eigenvalue weighted by Crippen LogP contribution is -2.35. The molecule has 1 aliphatic heterocycles. The van der Waals surface area contributed by atoms with Crippen LogP contribution in [0.4, 0.5) is 11.4 Å². The van der Waals surface area contributed by atoms with Crippen molar-refractivity contribution in [3.05, 3.63) is 59.7 Å². The first kappa shape index (κ1) is 17.2. The SMILES string of the molecule is CC(=O)N(c1ccc2c(c1)C=CC(C)N2)S(=O)(=O)c1ccc(C)cc1. The molecule has 0 saturated heterocycles. The van der Waals surface area contributed by atoms with Gasteiger partial charge in [-0.25, -0.2) is 12.7 Å². The van der Waals surface area contributed by atoms with Crippen LogP contribution in [-0.4, -0.2) is 20.4 Å². The fourth-order valence-electron chi connectivity index (χ4n) is 2.79. The topological polar surface area (TPSA) is 66.5 Å². The molecule has 6 heteroatoms. The van der Waals surface area contributed by atoms with Crippen molar-refractivity contribution in [2.45, 2.75) is 31.7 Å². The minimum Gasteiger partial charge on any atom is -0.379 e. The monoisotopic (exact) mass is 356 g/mol. The second-order valence-corrected chi connectivity index (χ2v) is 7.95. The van der Waals surface area contributed by atoms with E-state index in [0.29, 0.717) is 5.69 Å². The van der Waals surface area contributed by atoms with Crippen molar-refractivity contribution in [3.63, 3.8) is 0 Å². The van der Waals surface area contributed by atoms with Crippen molar-refractivity contribution in [2.75, 3.05) is 9.62 Å². The molecule has 1 unspecified atom stereocenters.